The van der Waals surface area contributed by atoms with Crippen LogP contribution in [0.5, 0.6) is 0 Å². The molecule has 0 spiro atoms. The molecule has 0 heterocycles. The van der Waals surface area contributed by atoms with Crippen molar-refractivity contribution in [3.05, 3.63) is 0 Å². The van der Waals surface area contributed by atoms with E-state index in [9.17, 15) is 9.59 Å². The Kier molecular flexibility index (Phi) is 3.10. The number of carbonyl (C=O) groups is 2. The minimum atomic E-state index is -1.02. The topological polar surface area (TPSA) is 92.4 Å². The van der Waals surface area contributed by atoms with Gasteiger partial charge in [0.1, 0.15) is 6.04 Å². The van der Waals surface area contributed by atoms with Crippen molar-refractivity contribution >= 4 is 11.9 Å². The molecule has 1 saturated carbocycles. The van der Waals surface area contributed by atoms with E-state index in [2.05, 4.69) is 5.32 Å². The molecule has 0 aromatic carbocycles. The fourth-order valence-corrected chi connectivity index (χ4v) is 1.54. The maximum atomic E-state index is 11.6. The van der Waals surface area contributed by atoms with Gasteiger partial charge in [-0.25, -0.2) is 0 Å². The zero-order chi connectivity index (χ0) is 10.8. The molecular formula is C9H16N2O3. The Morgan fingerprint density at radius 1 is 1.57 bits per heavy atom. The number of nitrogens with two attached hydrogens (primary N) is 1. The smallest absolute Gasteiger partial charge is 0.325 e. The molecule has 5 heteroatoms. The van der Waals surface area contributed by atoms with Gasteiger partial charge < -0.3 is 16.2 Å². The molecule has 5 nitrogen and oxygen atoms in total. The number of nitrogens with one attached hydrogen (secondary N) is 1. The van der Waals surface area contributed by atoms with Crippen LogP contribution in [0.25, 0.3) is 0 Å². The van der Waals surface area contributed by atoms with Crippen LogP contribution >= 0.6 is 0 Å². The SMILES string of the molecule is C[C@@H](NC(=O)C1(CN)CCC1)C(=O)O. The number of carboxylic acid groups (broad SMARTS) is 1. The van der Waals surface area contributed by atoms with Crippen LogP contribution in [0.4, 0.5) is 0 Å². The Bertz CT molecular complexity index is 243. The third-order valence-corrected chi connectivity index (χ3v) is 2.90. The van der Waals surface area contributed by atoms with Gasteiger partial charge in [-0.15, -0.1) is 0 Å². The first-order chi connectivity index (χ1) is 6.52. The predicted molar refractivity (Wildman–Crippen MR) is 50.6 cm³/mol. The molecule has 1 aliphatic carbocycles. The van der Waals surface area contributed by atoms with Crippen LogP contribution in [-0.4, -0.2) is 29.6 Å². The highest BCUT2D eigenvalue weighted by molar-refractivity contribution is 5.88. The van der Waals surface area contributed by atoms with E-state index in [4.69, 9.17) is 10.8 Å². The molecule has 1 rings (SSSR count). The number of carboxylic acids is 1. The summed E-state index contributed by atoms with van der Waals surface area (Å²) >= 11 is 0. The third-order valence-electron chi connectivity index (χ3n) is 2.90. The monoisotopic (exact) mass is 200 g/mol. The van der Waals surface area contributed by atoms with Crippen molar-refractivity contribution < 1.29 is 14.7 Å². The zero-order valence-corrected chi connectivity index (χ0v) is 8.25. The van der Waals surface area contributed by atoms with Crippen LogP contribution in [0.1, 0.15) is 26.2 Å². The summed E-state index contributed by atoms with van der Waals surface area (Å²) in [6.45, 7) is 1.74. The molecule has 0 aliphatic heterocycles. The van der Waals surface area contributed by atoms with Crippen molar-refractivity contribution in [2.45, 2.75) is 32.2 Å². The average Bonchev–Trinajstić information content (AvgIpc) is 2.02. The van der Waals surface area contributed by atoms with Crippen molar-refractivity contribution in [2.75, 3.05) is 6.54 Å². The minimum absolute atomic E-state index is 0.221. The van der Waals surface area contributed by atoms with E-state index < -0.39 is 17.4 Å². The van der Waals surface area contributed by atoms with Crippen LogP contribution in [-0.2, 0) is 9.59 Å². The molecule has 14 heavy (non-hydrogen) atoms. The molecular weight excluding hydrogens is 184 g/mol. The van der Waals surface area contributed by atoms with E-state index in [1.807, 2.05) is 0 Å². The van der Waals surface area contributed by atoms with Gasteiger partial charge in [0.2, 0.25) is 5.91 Å². The second-order valence-corrected chi connectivity index (χ2v) is 3.87. The fraction of sp³-hybridized carbons (Fsp3) is 0.778. The maximum Gasteiger partial charge on any atom is 0.325 e. The van der Waals surface area contributed by atoms with Gasteiger partial charge in [0.05, 0.1) is 5.41 Å². The molecule has 4 N–H and O–H groups in total. The number of hydrogen-bond acceptors (Lipinski definition) is 3. The molecule has 1 fully saturated rings. The number of aliphatic carboxylic acids is 1. The molecule has 0 radical (unpaired) electrons. The van der Waals surface area contributed by atoms with Crippen molar-refractivity contribution in [1.29, 1.82) is 0 Å². The third kappa shape index (κ3) is 1.87. The summed E-state index contributed by atoms with van der Waals surface area (Å²) in [5, 5.41) is 11.1. The largest absolute Gasteiger partial charge is 0.480 e. The van der Waals surface area contributed by atoms with Crippen LogP contribution < -0.4 is 11.1 Å². The van der Waals surface area contributed by atoms with E-state index >= 15 is 0 Å². The first-order valence-electron chi connectivity index (χ1n) is 4.76. The van der Waals surface area contributed by atoms with Gasteiger partial charge in [0.15, 0.2) is 0 Å². The second-order valence-electron chi connectivity index (χ2n) is 3.87. The molecule has 80 valence electrons. The molecule has 0 bridgehead atoms. The summed E-state index contributed by atoms with van der Waals surface area (Å²) in [4.78, 5) is 22.1. The van der Waals surface area contributed by atoms with Gasteiger partial charge in [-0.3, -0.25) is 9.59 Å². The Morgan fingerprint density at radius 2 is 2.14 bits per heavy atom. The molecule has 0 saturated heterocycles. The van der Waals surface area contributed by atoms with Crippen molar-refractivity contribution in [3.8, 4) is 0 Å². The summed E-state index contributed by atoms with van der Waals surface area (Å²) in [5.41, 5.74) is 5.02. The van der Waals surface area contributed by atoms with Crippen LogP contribution in [0.15, 0.2) is 0 Å². The maximum absolute atomic E-state index is 11.6. The Labute approximate surface area is 82.7 Å². The van der Waals surface area contributed by atoms with Gasteiger partial charge in [0.25, 0.3) is 0 Å². The van der Waals surface area contributed by atoms with Crippen molar-refractivity contribution in [1.82, 2.24) is 5.32 Å². The second kappa shape index (κ2) is 3.96. The van der Waals surface area contributed by atoms with Gasteiger partial charge in [0, 0.05) is 6.54 Å². The summed E-state index contributed by atoms with van der Waals surface area (Å²) in [6.07, 6.45) is 2.52. The average molecular weight is 200 g/mol. The standard InChI is InChI=1S/C9H16N2O3/c1-6(7(12)13)11-8(14)9(5-10)3-2-4-9/h6H,2-5,10H2,1H3,(H,11,14)(H,12,13)/t6-/m1/s1. The summed E-state index contributed by atoms with van der Waals surface area (Å²) in [7, 11) is 0. The van der Waals surface area contributed by atoms with E-state index in [0.717, 1.165) is 19.3 Å². The normalized spacial score (nSPS) is 20.7. The Balaban J connectivity index is 2.53. The number of rotatable bonds is 4. The lowest BCUT2D eigenvalue weighted by molar-refractivity contribution is -0.145. The molecule has 0 aromatic heterocycles. The van der Waals surface area contributed by atoms with Gasteiger partial charge >= 0.3 is 5.97 Å². The Hall–Kier alpha value is -1.10. The lowest BCUT2D eigenvalue weighted by Gasteiger charge is -2.39. The molecule has 1 amide bonds. The molecule has 0 unspecified atom stereocenters. The van der Waals surface area contributed by atoms with Crippen LogP contribution in [0.3, 0.4) is 0 Å². The Morgan fingerprint density at radius 3 is 2.43 bits per heavy atom. The minimum Gasteiger partial charge on any atom is -0.480 e. The lowest BCUT2D eigenvalue weighted by atomic mass is 9.68. The predicted octanol–water partition coefficient (Wildman–Crippen LogP) is -0.295. The van der Waals surface area contributed by atoms with Crippen molar-refractivity contribution in [2.24, 2.45) is 11.1 Å². The van der Waals surface area contributed by atoms with E-state index in [1.54, 1.807) is 0 Å². The molecule has 1 atom stereocenters. The van der Waals surface area contributed by atoms with E-state index in [0.29, 0.717) is 6.54 Å². The highest BCUT2D eigenvalue weighted by Crippen LogP contribution is 2.40. The van der Waals surface area contributed by atoms with Crippen molar-refractivity contribution in [3.63, 3.8) is 0 Å². The first kappa shape index (κ1) is 11.0. The van der Waals surface area contributed by atoms with Crippen LogP contribution in [0, 0.1) is 5.41 Å². The zero-order valence-electron chi connectivity index (χ0n) is 8.25. The van der Waals surface area contributed by atoms with Crippen LogP contribution in [0.2, 0.25) is 0 Å². The highest BCUT2D eigenvalue weighted by Gasteiger charge is 2.43. The number of amides is 1. The summed E-state index contributed by atoms with van der Waals surface area (Å²) in [5.74, 6) is -1.24. The summed E-state index contributed by atoms with van der Waals surface area (Å²) in [6, 6.07) is -0.841. The van der Waals surface area contributed by atoms with E-state index in [1.165, 1.54) is 6.92 Å². The van der Waals surface area contributed by atoms with E-state index in [-0.39, 0.29) is 5.91 Å². The van der Waals surface area contributed by atoms with Gasteiger partial charge in [-0.1, -0.05) is 6.42 Å². The fourth-order valence-electron chi connectivity index (χ4n) is 1.54. The molecule has 0 aromatic rings. The number of carbonyl (C=O) groups excluding carboxylic acids is 1. The molecule has 1 aliphatic rings. The summed E-state index contributed by atoms with van der Waals surface area (Å²) < 4.78 is 0. The lowest BCUT2D eigenvalue weighted by Crippen LogP contribution is -2.53. The first-order valence-corrected chi connectivity index (χ1v) is 4.76. The highest BCUT2D eigenvalue weighted by atomic mass is 16.4. The number of hydrogen-bond donors (Lipinski definition) is 3. The van der Waals surface area contributed by atoms with Gasteiger partial charge in [-0.05, 0) is 19.8 Å². The van der Waals surface area contributed by atoms with Gasteiger partial charge in [-0.2, -0.15) is 0 Å². The quantitative estimate of drug-likeness (QED) is 0.581.